The van der Waals surface area contributed by atoms with Gasteiger partial charge in [0.05, 0.1) is 0 Å². The first-order chi connectivity index (χ1) is 16.9. The molecule has 0 radical (unpaired) electrons. The predicted molar refractivity (Wildman–Crippen MR) is 135 cm³/mol. The molecule has 0 unspecified atom stereocenters. The fourth-order valence-electron chi connectivity index (χ4n) is 5.97. The molecule has 6 heteroatoms. The maximum atomic E-state index is 14.9. The van der Waals surface area contributed by atoms with Crippen LogP contribution in [-0.4, -0.2) is 47.3 Å². The number of halogens is 1. The van der Waals surface area contributed by atoms with Crippen LogP contribution in [0.15, 0.2) is 42.5 Å². The lowest BCUT2D eigenvalue weighted by molar-refractivity contribution is -0.140. The number of rotatable bonds is 6. The fraction of sp³-hybridized carbons (Fsp3) is 0.517. The second-order valence-electron chi connectivity index (χ2n) is 10.6. The smallest absolute Gasteiger partial charge is 0.228 e. The predicted octanol–water partition coefficient (Wildman–Crippen LogP) is 5.10. The SMILES string of the molecule is Cc1c(NC(=O)[C@@H]2C[C@H]2c2ccccc2)ccc(F)c1CN1CCN(C(=O)C2CCCC2)[C@@H](C)C1. The largest absolute Gasteiger partial charge is 0.337 e. The molecule has 3 fully saturated rings. The minimum atomic E-state index is -0.244. The first-order valence-electron chi connectivity index (χ1n) is 13.1. The molecule has 1 aliphatic heterocycles. The number of nitrogens with zero attached hydrogens (tertiary/aromatic N) is 2. The number of benzene rings is 2. The zero-order valence-electron chi connectivity index (χ0n) is 20.8. The fourth-order valence-corrected chi connectivity index (χ4v) is 5.97. The Morgan fingerprint density at radius 2 is 1.80 bits per heavy atom. The molecular weight excluding hydrogens is 441 g/mol. The van der Waals surface area contributed by atoms with Crippen molar-refractivity contribution in [2.75, 3.05) is 25.0 Å². The number of piperazine rings is 1. The van der Waals surface area contributed by atoms with E-state index in [0.717, 1.165) is 50.8 Å². The summed E-state index contributed by atoms with van der Waals surface area (Å²) in [5.74, 6) is 0.490. The van der Waals surface area contributed by atoms with Crippen molar-refractivity contribution in [3.63, 3.8) is 0 Å². The first kappa shape index (κ1) is 24.0. The Kier molecular flexibility index (Phi) is 6.92. The van der Waals surface area contributed by atoms with Gasteiger partial charge >= 0.3 is 0 Å². The van der Waals surface area contributed by atoms with E-state index in [1.54, 1.807) is 6.07 Å². The van der Waals surface area contributed by atoms with E-state index >= 15 is 0 Å². The third-order valence-electron chi connectivity index (χ3n) is 8.23. The topological polar surface area (TPSA) is 52.7 Å². The van der Waals surface area contributed by atoms with Crippen molar-refractivity contribution >= 4 is 17.5 Å². The van der Waals surface area contributed by atoms with Gasteiger partial charge < -0.3 is 10.2 Å². The molecule has 1 heterocycles. The summed E-state index contributed by atoms with van der Waals surface area (Å²) >= 11 is 0. The molecule has 2 amide bonds. The van der Waals surface area contributed by atoms with E-state index in [-0.39, 0.29) is 35.5 Å². The summed E-state index contributed by atoms with van der Waals surface area (Å²) in [4.78, 5) is 30.1. The molecule has 2 saturated carbocycles. The van der Waals surface area contributed by atoms with Gasteiger partial charge in [0.1, 0.15) is 5.82 Å². The van der Waals surface area contributed by atoms with E-state index in [1.807, 2.05) is 30.0 Å². The van der Waals surface area contributed by atoms with Gasteiger partial charge in [-0.15, -0.1) is 0 Å². The van der Waals surface area contributed by atoms with Gasteiger partial charge in [0, 0.05) is 55.3 Å². The van der Waals surface area contributed by atoms with E-state index in [1.165, 1.54) is 11.6 Å². The molecule has 3 atom stereocenters. The maximum Gasteiger partial charge on any atom is 0.228 e. The first-order valence-corrected chi connectivity index (χ1v) is 13.1. The summed E-state index contributed by atoms with van der Waals surface area (Å²) < 4.78 is 14.9. The Morgan fingerprint density at radius 1 is 1.06 bits per heavy atom. The van der Waals surface area contributed by atoms with E-state index in [4.69, 9.17) is 0 Å². The van der Waals surface area contributed by atoms with Crippen molar-refractivity contribution in [2.45, 2.75) is 64.5 Å². The lowest BCUT2D eigenvalue weighted by Crippen LogP contribution is -2.54. The van der Waals surface area contributed by atoms with Crippen molar-refractivity contribution < 1.29 is 14.0 Å². The number of nitrogens with one attached hydrogen (secondary N) is 1. The number of hydrogen-bond acceptors (Lipinski definition) is 3. The van der Waals surface area contributed by atoms with Gasteiger partial charge in [-0.1, -0.05) is 43.2 Å². The highest BCUT2D eigenvalue weighted by Crippen LogP contribution is 2.48. The zero-order chi connectivity index (χ0) is 24.5. The van der Waals surface area contributed by atoms with Gasteiger partial charge in [0.25, 0.3) is 0 Å². The monoisotopic (exact) mass is 477 g/mol. The molecular formula is C29H36FN3O2. The Hall–Kier alpha value is -2.73. The summed E-state index contributed by atoms with van der Waals surface area (Å²) in [7, 11) is 0. The lowest BCUT2D eigenvalue weighted by Gasteiger charge is -2.41. The van der Waals surface area contributed by atoms with Crippen LogP contribution in [0.2, 0.25) is 0 Å². The van der Waals surface area contributed by atoms with Crippen molar-refractivity contribution in [1.29, 1.82) is 0 Å². The van der Waals surface area contributed by atoms with Crippen molar-refractivity contribution in [3.8, 4) is 0 Å². The van der Waals surface area contributed by atoms with Crippen LogP contribution in [-0.2, 0) is 16.1 Å². The van der Waals surface area contributed by atoms with Crippen molar-refractivity contribution in [1.82, 2.24) is 9.80 Å². The van der Waals surface area contributed by atoms with Gasteiger partial charge in [0.15, 0.2) is 0 Å². The van der Waals surface area contributed by atoms with Crippen molar-refractivity contribution in [3.05, 3.63) is 65.0 Å². The molecule has 2 aliphatic carbocycles. The average Bonchev–Trinajstić information content (AvgIpc) is 3.48. The van der Waals surface area contributed by atoms with Crippen LogP contribution in [0.25, 0.3) is 0 Å². The number of hydrogen-bond donors (Lipinski definition) is 1. The van der Waals surface area contributed by atoms with E-state index in [0.29, 0.717) is 30.2 Å². The Bertz CT molecular complexity index is 1080. The number of anilines is 1. The number of amides is 2. The average molecular weight is 478 g/mol. The molecule has 2 aromatic rings. The third kappa shape index (κ3) is 5.13. The summed E-state index contributed by atoms with van der Waals surface area (Å²) in [5.41, 5.74) is 3.30. The van der Waals surface area contributed by atoms with Gasteiger partial charge in [-0.2, -0.15) is 0 Å². The summed E-state index contributed by atoms with van der Waals surface area (Å²) in [5, 5.41) is 3.06. The lowest BCUT2D eigenvalue weighted by atomic mass is 10.0. The standard InChI is InChI=1S/C29H36FN3O2/c1-19-17-32(14-15-33(19)29(35)22-10-6-7-11-22)18-25-20(2)27(13-12-26(25)30)31-28(34)24-16-23(24)21-8-4-3-5-9-21/h3-5,8-9,12-13,19,22-24H,6-7,10-11,14-18H2,1-2H3,(H,31,34)/t19-,23-,24+/m0/s1. The number of carbonyl (C=O) groups excluding carboxylic acids is 2. The van der Waals surface area contributed by atoms with Crippen LogP contribution < -0.4 is 5.32 Å². The second kappa shape index (κ2) is 10.1. The molecule has 0 spiro atoms. The summed E-state index contributed by atoms with van der Waals surface area (Å²) in [6.07, 6.45) is 5.20. The van der Waals surface area contributed by atoms with E-state index in [2.05, 4.69) is 29.3 Å². The summed E-state index contributed by atoms with van der Waals surface area (Å²) in [6, 6.07) is 13.4. The minimum Gasteiger partial charge on any atom is -0.337 e. The van der Waals surface area contributed by atoms with Crippen LogP contribution in [0.4, 0.5) is 10.1 Å². The van der Waals surface area contributed by atoms with Crippen LogP contribution in [0.3, 0.4) is 0 Å². The normalized spacial score (nSPS) is 25.0. The maximum absolute atomic E-state index is 14.9. The molecule has 1 N–H and O–H groups in total. The van der Waals surface area contributed by atoms with Crippen LogP contribution in [0, 0.1) is 24.6 Å². The second-order valence-corrected chi connectivity index (χ2v) is 10.6. The van der Waals surface area contributed by atoms with Crippen LogP contribution >= 0.6 is 0 Å². The van der Waals surface area contributed by atoms with E-state index in [9.17, 15) is 14.0 Å². The molecule has 2 aromatic carbocycles. The molecule has 1 saturated heterocycles. The van der Waals surface area contributed by atoms with Gasteiger partial charge in [-0.25, -0.2) is 4.39 Å². The molecule has 0 bridgehead atoms. The molecule has 35 heavy (non-hydrogen) atoms. The third-order valence-corrected chi connectivity index (χ3v) is 8.23. The zero-order valence-corrected chi connectivity index (χ0v) is 20.8. The minimum absolute atomic E-state index is 0.00664. The van der Waals surface area contributed by atoms with Gasteiger partial charge in [0.2, 0.25) is 11.8 Å². The quantitative estimate of drug-likeness (QED) is 0.630. The molecule has 0 aromatic heterocycles. The van der Waals surface area contributed by atoms with Crippen molar-refractivity contribution in [2.24, 2.45) is 11.8 Å². The van der Waals surface area contributed by atoms with Gasteiger partial charge in [-0.05, 0) is 62.3 Å². The Labute approximate surface area is 207 Å². The Morgan fingerprint density at radius 3 is 2.51 bits per heavy atom. The van der Waals surface area contributed by atoms with Gasteiger partial charge in [-0.3, -0.25) is 14.5 Å². The molecule has 5 nitrogen and oxygen atoms in total. The highest BCUT2D eigenvalue weighted by Gasteiger charge is 2.44. The van der Waals surface area contributed by atoms with E-state index < -0.39 is 0 Å². The Balaban J connectivity index is 1.21. The van der Waals surface area contributed by atoms with Crippen LogP contribution in [0.5, 0.6) is 0 Å². The summed E-state index contributed by atoms with van der Waals surface area (Å²) in [6.45, 7) is 6.62. The number of carbonyl (C=O) groups is 2. The molecule has 5 rings (SSSR count). The highest BCUT2D eigenvalue weighted by molar-refractivity contribution is 5.96. The van der Waals surface area contributed by atoms with Crippen LogP contribution in [0.1, 0.15) is 61.6 Å². The molecule has 3 aliphatic rings. The highest BCUT2D eigenvalue weighted by atomic mass is 19.1. The molecule has 186 valence electrons.